The topological polar surface area (TPSA) is 82.3 Å². The van der Waals surface area contributed by atoms with E-state index < -0.39 is 0 Å². The Bertz CT molecular complexity index is 353. The molecule has 0 amide bonds. The number of hydrazine groups is 1. The van der Waals surface area contributed by atoms with Crippen molar-refractivity contribution >= 4 is 5.82 Å². The lowest BCUT2D eigenvalue weighted by Crippen LogP contribution is -2.15. The first-order chi connectivity index (χ1) is 7.78. The molecule has 6 nitrogen and oxygen atoms in total. The molecule has 1 aromatic heterocycles. The molecule has 6 heteroatoms. The second-order valence-corrected chi connectivity index (χ2v) is 3.75. The van der Waals surface area contributed by atoms with E-state index in [-0.39, 0.29) is 6.10 Å². The third-order valence-corrected chi connectivity index (χ3v) is 2.38. The molecule has 2 rings (SSSR count). The van der Waals surface area contributed by atoms with Crippen LogP contribution in [-0.2, 0) is 16.1 Å². The molecule has 88 valence electrons. The Labute approximate surface area is 94.1 Å². The van der Waals surface area contributed by atoms with Crippen LogP contribution in [0.2, 0.25) is 0 Å². The van der Waals surface area contributed by atoms with E-state index in [1.807, 2.05) is 6.92 Å². The lowest BCUT2D eigenvalue weighted by Gasteiger charge is -2.10. The van der Waals surface area contributed by atoms with E-state index in [4.69, 9.17) is 15.3 Å². The standard InChI is InChI=1S/C10H16N4O2/c1-7-4-9(14-11)13-10(12-7)6-16-8-2-3-15-5-8/h4,8H,2-3,5-6,11H2,1H3,(H,12,13,14). The van der Waals surface area contributed by atoms with Crippen molar-refractivity contribution in [1.29, 1.82) is 0 Å². The molecule has 0 saturated carbocycles. The van der Waals surface area contributed by atoms with Crippen LogP contribution < -0.4 is 11.3 Å². The zero-order valence-electron chi connectivity index (χ0n) is 9.27. The summed E-state index contributed by atoms with van der Waals surface area (Å²) in [7, 11) is 0. The summed E-state index contributed by atoms with van der Waals surface area (Å²) in [6, 6.07) is 1.78. The van der Waals surface area contributed by atoms with Crippen molar-refractivity contribution < 1.29 is 9.47 Å². The normalized spacial score (nSPS) is 20.0. The number of nitrogens with two attached hydrogens (primary N) is 1. The molecule has 1 aromatic rings. The fourth-order valence-electron chi connectivity index (χ4n) is 1.61. The van der Waals surface area contributed by atoms with Crippen molar-refractivity contribution in [2.45, 2.75) is 26.1 Å². The molecule has 0 aromatic carbocycles. The lowest BCUT2D eigenvalue weighted by atomic mass is 10.3. The number of rotatable bonds is 4. The number of hydrogen-bond donors (Lipinski definition) is 2. The van der Waals surface area contributed by atoms with Crippen molar-refractivity contribution in [1.82, 2.24) is 9.97 Å². The molecular formula is C10H16N4O2. The van der Waals surface area contributed by atoms with Gasteiger partial charge in [-0.05, 0) is 13.3 Å². The van der Waals surface area contributed by atoms with E-state index >= 15 is 0 Å². The molecule has 0 bridgehead atoms. The first kappa shape index (κ1) is 11.3. The minimum Gasteiger partial charge on any atom is -0.379 e. The van der Waals surface area contributed by atoms with Gasteiger partial charge in [0.15, 0.2) is 5.82 Å². The first-order valence-corrected chi connectivity index (χ1v) is 5.28. The molecular weight excluding hydrogens is 208 g/mol. The fourth-order valence-corrected chi connectivity index (χ4v) is 1.61. The number of nitrogens with zero attached hydrogens (tertiary/aromatic N) is 2. The largest absolute Gasteiger partial charge is 0.379 e. The van der Waals surface area contributed by atoms with E-state index in [1.54, 1.807) is 6.07 Å². The van der Waals surface area contributed by atoms with Gasteiger partial charge in [-0.3, -0.25) is 0 Å². The smallest absolute Gasteiger partial charge is 0.156 e. The van der Waals surface area contributed by atoms with Crippen molar-refractivity contribution in [3.8, 4) is 0 Å². The van der Waals surface area contributed by atoms with Crippen LogP contribution in [-0.4, -0.2) is 29.3 Å². The van der Waals surface area contributed by atoms with Crippen LogP contribution in [0, 0.1) is 6.92 Å². The molecule has 0 radical (unpaired) electrons. The van der Waals surface area contributed by atoms with Gasteiger partial charge < -0.3 is 14.9 Å². The Morgan fingerprint density at radius 2 is 2.50 bits per heavy atom. The van der Waals surface area contributed by atoms with E-state index in [1.165, 1.54) is 0 Å². The van der Waals surface area contributed by atoms with Gasteiger partial charge in [0.2, 0.25) is 0 Å². The third kappa shape index (κ3) is 2.88. The highest BCUT2D eigenvalue weighted by molar-refractivity contribution is 5.33. The molecule has 1 saturated heterocycles. The Morgan fingerprint density at radius 3 is 3.19 bits per heavy atom. The predicted molar refractivity (Wildman–Crippen MR) is 58.6 cm³/mol. The van der Waals surface area contributed by atoms with Gasteiger partial charge in [-0.1, -0.05) is 0 Å². The minimum absolute atomic E-state index is 0.165. The summed E-state index contributed by atoms with van der Waals surface area (Å²) >= 11 is 0. The zero-order valence-corrected chi connectivity index (χ0v) is 9.27. The minimum atomic E-state index is 0.165. The van der Waals surface area contributed by atoms with Gasteiger partial charge in [0, 0.05) is 18.4 Å². The average molecular weight is 224 g/mol. The maximum atomic E-state index is 5.62. The second kappa shape index (κ2) is 5.20. The summed E-state index contributed by atoms with van der Waals surface area (Å²) in [6.07, 6.45) is 1.10. The Morgan fingerprint density at radius 1 is 1.62 bits per heavy atom. The maximum Gasteiger partial charge on any atom is 0.156 e. The van der Waals surface area contributed by atoms with Crippen LogP contribution in [0.5, 0.6) is 0 Å². The van der Waals surface area contributed by atoms with Gasteiger partial charge in [-0.15, -0.1) is 0 Å². The molecule has 3 N–H and O–H groups in total. The Hall–Kier alpha value is -1.24. The van der Waals surface area contributed by atoms with Crippen molar-refractivity contribution in [2.75, 3.05) is 18.6 Å². The van der Waals surface area contributed by atoms with E-state index in [9.17, 15) is 0 Å². The third-order valence-electron chi connectivity index (χ3n) is 2.38. The van der Waals surface area contributed by atoms with Gasteiger partial charge in [-0.2, -0.15) is 0 Å². The van der Waals surface area contributed by atoms with Gasteiger partial charge in [0.1, 0.15) is 12.4 Å². The second-order valence-electron chi connectivity index (χ2n) is 3.75. The van der Waals surface area contributed by atoms with E-state index in [2.05, 4.69) is 15.4 Å². The molecule has 2 heterocycles. The van der Waals surface area contributed by atoms with Crippen molar-refractivity contribution in [2.24, 2.45) is 5.84 Å². The molecule has 1 atom stereocenters. The zero-order chi connectivity index (χ0) is 11.4. The number of nitrogen functional groups attached to an aromatic ring is 1. The number of hydrogen-bond acceptors (Lipinski definition) is 6. The molecule has 16 heavy (non-hydrogen) atoms. The van der Waals surface area contributed by atoms with Crippen molar-refractivity contribution in [3.63, 3.8) is 0 Å². The first-order valence-electron chi connectivity index (χ1n) is 5.28. The number of anilines is 1. The van der Waals surface area contributed by atoms with Gasteiger partial charge in [-0.25, -0.2) is 15.8 Å². The highest BCUT2D eigenvalue weighted by Crippen LogP contribution is 2.11. The quantitative estimate of drug-likeness (QED) is 0.568. The Kier molecular flexibility index (Phi) is 3.66. The lowest BCUT2D eigenvalue weighted by molar-refractivity contribution is 0.0284. The fraction of sp³-hybridized carbons (Fsp3) is 0.600. The van der Waals surface area contributed by atoms with Gasteiger partial charge >= 0.3 is 0 Å². The van der Waals surface area contributed by atoms with Gasteiger partial charge in [0.05, 0.1) is 12.7 Å². The molecule has 0 spiro atoms. The van der Waals surface area contributed by atoms with E-state index in [0.717, 1.165) is 18.7 Å². The number of ether oxygens (including phenoxy) is 2. The number of nitrogens with one attached hydrogen (secondary N) is 1. The highest BCUT2D eigenvalue weighted by atomic mass is 16.5. The summed E-state index contributed by atoms with van der Waals surface area (Å²) in [5.74, 6) is 6.55. The summed E-state index contributed by atoms with van der Waals surface area (Å²) in [4.78, 5) is 8.47. The molecule has 1 aliphatic heterocycles. The summed E-state index contributed by atoms with van der Waals surface area (Å²) < 4.78 is 10.8. The summed E-state index contributed by atoms with van der Waals surface area (Å²) in [5, 5.41) is 0. The van der Waals surface area contributed by atoms with Gasteiger partial charge in [0.25, 0.3) is 0 Å². The van der Waals surface area contributed by atoms with E-state index in [0.29, 0.717) is 24.9 Å². The molecule has 1 aliphatic rings. The predicted octanol–water partition coefficient (Wildman–Crippen LogP) is 0.376. The molecule has 1 unspecified atom stereocenters. The van der Waals surface area contributed by atoms with Crippen LogP contribution in [0.25, 0.3) is 0 Å². The monoisotopic (exact) mass is 224 g/mol. The SMILES string of the molecule is Cc1cc(NN)nc(COC2CCOC2)n1. The summed E-state index contributed by atoms with van der Waals surface area (Å²) in [5.41, 5.74) is 3.37. The average Bonchev–Trinajstić information content (AvgIpc) is 2.78. The molecule has 0 aliphatic carbocycles. The van der Waals surface area contributed by atoms with Crippen LogP contribution in [0.15, 0.2) is 6.07 Å². The van der Waals surface area contributed by atoms with Crippen LogP contribution in [0.1, 0.15) is 17.9 Å². The highest BCUT2D eigenvalue weighted by Gasteiger charge is 2.16. The van der Waals surface area contributed by atoms with Crippen LogP contribution >= 0.6 is 0 Å². The summed E-state index contributed by atoms with van der Waals surface area (Å²) in [6.45, 7) is 3.72. The molecule has 1 fully saturated rings. The number of aromatic nitrogens is 2. The Balaban J connectivity index is 1.94. The van der Waals surface area contributed by atoms with Crippen LogP contribution in [0.3, 0.4) is 0 Å². The number of aryl methyl sites for hydroxylation is 1. The maximum absolute atomic E-state index is 5.62. The van der Waals surface area contributed by atoms with Crippen molar-refractivity contribution in [3.05, 3.63) is 17.6 Å². The van der Waals surface area contributed by atoms with Crippen LogP contribution in [0.4, 0.5) is 5.82 Å².